The highest BCUT2D eigenvalue weighted by atomic mass is 19.1. The maximum absolute atomic E-state index is 14.2. The van der Waals surface area contributed by atoms with Crippen LogP contribution >= 0.6 is 0 Å². The number of anilines is 1. The number of benzene rings is 1. The SMILES string of the molecule is O=C1CCc2cc(C(=O)N3CCCC3C(=O)O)c(F)cc2N1. The monoisotopic (exact) mass is 306 g/mol. The average Bonchev–Trinajstić information content (AvgIpc) is 2.95. The molecule has 2 N–H and O–H groups in total. The number of fused-ring (bicyclic) bond motifs is 1. The number of carbonyl (C=O) groups is 3. The van der Waals surface area contributed by atoms with E-state index in [0.29, 0.717) is 37.1 Å². The Kier molecular flexibility index (Phi) is 3.56. The summed E-state index contributed by atoms with van der Waals surface area (Å²) < 4.78 is 14.2. The third-order valence-corrected chi connectivity index (χ3v) is 4.12. The van der Waals surface area contributed by atoms with Crippen LogP contribution in [0.15, 0.2) is 12.1 Å². The molecule has 0 radical (unpaired) electrons. The first-order chi connectivity index (χ1) is 10.5. The Morgan fingerprint density at radius 3 is 2.82 bits per heavy atom. The van der Waals surface area contributed by atoms with Crippen molar-refractivity contribution >= 4 is 23.5 Å². The summed E-state index contributed by atoms with van der Waals surface area (Å²) in [7, 11) is 0. The second-order valence-corrected chi connectivity index (χ2v) is 5.53. The van der Waals surface area contributed by atoms with Gasteiger partial charge in [0.2, 0.25) is 5.91 Å². The molecule has 0 bridgehead atoms. The number of carbonyl (C=O) groups excluding carboxylic acids is 2. The zero-order valence-corrected chi connectivity index (χ0v) is 11.8. The average molecular weight is 306 g/mol. The van der Waals surface area contributed by atoms with Gasteiger partial charge in [0.25, 0.3) is 5.91 Å². The van der Waals surface area contributed by atoms with Crippen molar-refractivity contribution in [2.45, 2.75) is 31.7 Å². The van der Waals surface area contributed by atoms with Gasteiger partial charge in [0.1, 0.15) is 11.9 Å². The molecule has 22 heavy (non-hydrogen) atoms. The van der Waals surface area contributed by atoms with Gasteiger partial charge in [0, 0.05) is 18.7 Å². The quantitative estimate of drug-likeness (QED) is 0.864. The van der Waals surface area contributed by atoms with E-state index in [1.54, 1.807) is 0 Å². The minimum atomic E-state index is -1.07. The van der Waals surface area contributed by atoms with Crippen LogP contribution in [0.4, 0.5) is 10.1 Å². The Hall–Kier alpha value is -2.44. The summed E-state index contributed by atoms with van der Waals surface area (Å²) in [6, 6.07) is 1.65. The maximum Gasteiger partial charge on any atom is 0.326 e. The largest absolute Gasteiger partial charge is 0.480 e. The van der Waals surface area contributed by atoms with Crippen LogP contribution in [0, 0.1) is 5.82 Å². The first-order valence-corrected chi connectivity index (χ1v) is 7.13. The van der Waals surface area contributed by atoms with E-state index < -0.39 is 23.7 Å². The van der Waals surface area contributed by atoms with Gasteiger partial charge in [0.05, 0.1) is 5.56 Å². The number of likely N-dealkylation sites (tertiary alicyclic amines) is 1. The standard InChI is InChI=1S/C15H15FN2O4/c16-10-7-11-8(3-4-13(19)17-11)6-9(10)14(20)18-5-1-2-12(18)15(21)22/h6-7,12H,1-5H2,(H,17,19)(H,21,22). The molecule has 6 nitrogen and oxygen atoms in total. The van der Waals surface area contributed by atoms with Crippen LogP contribution in [0.3, 0.4) is 0 Å². The van der Waals surface area contributed by atoms with Crippen molar-refractivity contribution in [2.24, 2.45) is 0 Å². The Morgan fingerprint density at radius 2 is 2.09 bits per heavy atom. The molecule has 2 amide bonds. The number of hydrogen-bond acceptors (Lipinski definition) is 3. The first-order valence-electron chi connectivity index (χ1n) is 7.13. The van der Waals surface area contributed by atoms with Crippen molar-refractivity contribution in [3.63, 3.8) is 0 Å². The fourth-order valence-corrected chi connectivity index (χ4v) is 2.99. The molecule has 1 unspecified atom stereocenters. The van der Waals surface area contributed by atoms with Crippen LogP contribution in [0.25, 0.3) is 0 Å². The number of halogens is 1. The van der Waals surface area contributed by atoms with Crippen molar-refractivity contribution in [3.8, 4) is 0 Å². The summed E-state index contributed by atoms with van der Waals surface area (Å²) >= 11 is 0. The lowest BCUT2D eigenvalue weighted by Gasteiger charge is -2.23. The lowest BCUT2D eigenvalue weighted by Crippen LogP contribution is -2.40. The molecule has 116 valence electrons. The van der Waals surface area contributed by atoms with Crippen LogP contribution < -0.4 is 5.32 Å². The number of carboxylic acid groups (broad SMARTS) is 1. The Bertz CT molecular complexity index is 674. The molecular formula is C15H15FN2O4. The van der Waals surface area contributed by atoms with E-state index in [1.165, 1.54) is 11.0 Å². The fourth-order valence-electron chi connectivity index (χ4n) is 2.99. The van der Waals surface area contributed by atoms with Crippen molar-refractivity contribution in [2.75, 3.05) is 11.9 Å². The van der Waals surface area contributed by atoms with Crippen LogP contribution in [-0.2, 0) is 16.0 Å². The van der Waals surface area contributed by atoms with Gasteiger partial charge >= 0.3 is 5.97 Å². The highest BCUT2D eigenvalue weighted by molar-refractivity contribution is 5.99. The lowest BCUT2D eigenvalue weighted by molar-refractivity contribution is -0.141. The van der Waals surface area contributed by atoms with Gasteiger partial charge in [-0.2, -0.15) is 0 Å². The van der Waals surface area contributed by atoms with E-state index in [2.05, 4.69) is 5.32 Å². The molecule has 0 aliphatic carbocycles. The van der Waals surface area contributed by atoms with Crippen LogP contribution in [0.2, 0.25) is 0 Å². The van der Waals surface area contributed by atoms with E-state index in [-0.39, 0.29) is 17.9 Å². The van der Waals surface area contributed by atoms with Crippen molar-refractivity contribution in [1.29, 1.82) is 0 Å². The number of nitrogens with zero attached hydrogens (tertiary/aromatic N) is 1. The molecule has 2 aliphatic rings. The molecule has 0 saturated carbocycles. The Labute approximate surface area is 125 Å². The summed E-state index contributed by atoms with van der Waals surface area (Å²) in [5.41, 5.74) is 0.931. The van der Waals surface area contributed by atoms with E-state index >= 15 is 0 Å². The minimum Gasteiger partial charge on any atom is -0.480 e. The van der Waals surface area contributed by atoms with Gasteiger partial charge in [0.15, 0.2) is 0 Å². The molecule has 1 aromatic rings. The molecule has 1 saturated heterocycles. The number of carboxylic acids is 1. The molecule has 3 rings (SSSR count). The number of nitrogens with one attached hydrogen (secondary N) is 1. The zero-order chi connectivity index (χ0) is 15.9. The second kappa shape index (κ2) is 5.40. The van der Waals surface area contributed by atoms with Crippen LogP contribution in [0.1, 0.15) is 35.2 Å². The van der Waals surface area contributed by atoms with Gasteiger partial charge in [-0.05, 0) is 37.0 Å². The van der Waals surface area contributed by atoms with Gasteiger partial charge in [-0.25, -0.2) is 9.18 Å². The van der Waals surface area contributed by atoms with Crippen LogP contribution in [0.5, 0.6) is 0 Å². The highest BCUT2D eigenvalue weighted by Gasteiger charge is 2.35. The van der Waals surface area contributed by atoms with Gasteiger partial charge in [-0.1, -0.05) is 0 Å². The topological polar surface area (TPSA) is 86.7 Å². The normalized spacial score (nSPS) is 20.5. The number of hydrogen-bond donors (Lipinski definition) is 2. The molecule has 0 aromatic heterocycles. The summed E-state index contributed by atoms with van der Waals surface area (Å²) in [5.74, 6) is -2.61. The van der Waals surface area contributed by atoms with Gasteiger partial charge in [-0.15, -0.1) is 0 Å². The molecular weight excluding hydrogens is 291 g/mol. The number of amides is 2. The van der Waals surface area contributed by atoms with Gasteiger partial charge in [-0.3, -0.25) is 9.59 Å². The molecule has 1 fully saturated rings. The predicted molar refractivity (Wildman–Crippen MR) is 75.0 cm³/mol. The molecule has 1 atom stereocenters. The molecule has 2 heterocycles. The maximum atomic E-state index is 14.2. The van der Waals surface area contributed by atoms with E-state index in [9.17, 15) is 18.8 Å². The first kappa shape index (κ1) is 14.5. The third kappa shape index (κ3) is 2.43. The molecule has 1 aromatic carbocycles. The Balaban J connectivity index is 1.93. The van der Waals surface area contributed by atoms with Crippen LogP contribution in [-0.4, -0.2) is 40.4 Å². The summed E-state index contributed by atoms with van der Waals surface area (Å²) in [5, 5.41) is 11.7. The number of aliphatic carboxylic acids is 1. The minimum absolute atomic E-state index is 0.136. The second-order valence-electron chi connectivity index (χ2n) is 5.53. The highest BCUT2D eigenvalue weighted by Crippen LogP contribution is 2.28. The van der Waals surface area contributed by atoms with Gasteiger partial charge < -0.3 is 15.3 Å². The fraction of sp³-hybridized carbons (Fsp3) is 0.400. The lowest BCUT2D eigenvalue weighted by atomic mass is 9.99. The number of rotatable bonds is 2. The molecule has 2 aliphatic heterocycles. The third-order valence-electron chi connectivity index (χ3n) is 4.12. The molecule has 7 heteroatoms. The summed E-state index contributed by atoms with van der Waals surface area (Å²) in [6.07, 6.45) is 1.69. The summed E-state index contributed by atoms with van der Waals surface area (Å²) in [4.78, 5) is 36.1. The van der Waals surface area contributed by atoms with E-state index in [0.717, 1.165) is 6.07 Å². The van der Waals surface area contributed by atoms with E-state index in [4.69, 9.17) is 5.11 Å². The zero-order valence-electron chi connectivity index (χ0n) is 11.8. The summed E-state index contributed by atoms with van der Waals surface area (Å²) in [6.45, 7) is 0.309. The van der Waals surface area contributed by atoms with Crippen molar-refractivity contribution in [1.82, 2.24) is 4.90 Å². The van der Waals surface area contributed by atoms with Crippen molar-refractivity contribution in [3.05, 3.63) is 29.1 Å². The number of aryl methyl sites for hydroxylation is 1. The predicted octanol–water partition coefficient (Wildman–Crippen LogP) is 1.40. The Morgan fingerprint density at radius 1 is 1.32 bits per heavy atom. The smallest absolute Gasteiger partial charge is 0.326 e. The molecule has 0 spiro atoms. The van der Waals surface area contributed by atoms with E-state index in [1.807, 2.05) is 0 Å². The van der Waals surface area contributed by atoms with Crippen molar-refractivity contribution < 1.29 is 23.9 Å².